The lowest BCUT2D eigenvalue weighted by atomic mass is 10.0. The van der Waals surface area contributed by atoms with Gasteiger partial charge in [0, 0.05) is 47.5 Å². The van der Waals surface area contributed by atoms with Crippen molar-refractivity contribution in [2.75, 3.05) is 30.8 Å². The first-order valence-electron chi connectivity index (χ1n) is 12.4. The minimum absolute atomic E-state index is 0.116. The molecule has 8 heteroatoms. The van der Waals surface area contributed by atoms with Crippen molar-refractivity contribution in [2.45, 2.75) is 32.7 Å². The van der Waals surface area contributed by atoms with E-state index in [1.165, 1.54) is 5.57 Å². The second-order valence-corrected chi connectivity index (χ2v) is 10.4. The van der Waals surface area contributed by atoms with Crippen LogP contribution in [0.3, 0.4) is 0 Å². The lowest BCUT2D eigenvalue weighted by molar-refractivity contribution is 0.102. The number of carbonyl (C=O) groups is 1. The van der Waals surface area contributed by atoms with Gasteiger partial charge in [-0.2, -0.15) is 0 Å². The van der Waals surface area contributed by atoms with Crippen LogP contribution in [0.2, 0.25) is 0 Å². The molecule has 2 N–H and O–H groups in total. The first-order chi connectivity index (χ1) is 17.7. The normalized spacial score (nSPS) is 14.3. The summed E-state index contributed by atoms with van der Waals surface area (Å²) in [4.78, 5) is 33.3. The fourth-order valence-electron chi connectivity index (χ4n) is 4.26. The third-order valence-electron chi connectivity index (χ3n) is 6.16. The van der Waals surface area contributed by atoms with Gasteiger partial charge in [-0.1, -0.05) is 18.2 Å². The summed E-state index contributed by atoms with van der Waals surface area (Å²) in [7, 11) is 2.10. The summed E-state index contributed by atoms with van der Waals surface area (Å²) in [6, 6.07) is 11.5. The second kappa shape index (κ2) is 10.1. The molecule has 1 aromatic carbocycles. The van der Waals surface area contributed by atoms with Crippen LogP contribution in [0.4, 0.5) is 11.6 Å². The van der Waals surface area contributed by atoms with E-state index in [2.05, 4.69) is 64.4 Å². The van der Waals surface area contributed by atoms with Crippen LogP contribution >= 0.6 is 0 Å². The van der Waals surface area contributed by atoms with E-state index >= 15 is 0 Å². The van der Waals surface area contributed by atoms with Crippen LogP contribution in [0.1, 0.15) is 43.2 Å². The average molecular weight is 494 g/mol. The number of amides is 1. The molecular formula is C29H31N7O. The SMILES string of the molecule is CN1CC=C(c2cc(C(=O)Nc3cc4cc(-c5cncc(NC(C)(C)C)n5)ccc4cn3)ccn2)CC1. The number of hydrogen-bond acceptors (Lipinski definition) is 7. The van der Waals surface area contributed by atoms with Crippen molar-refractivity contribution in [3.8, 4) is 11.3 Å². The Kier molecular flexibility index (Phi) is 6.67. The number of hydrogen-bond donors (Lipinski definition) is 2. The molecular weight excluding hydrogens is 462 g/mol. The zero-order valence-electron chi connectivity index (χ0n) is 21.6. The van der Waals surface area contributed by atoms with Crippen LogP contribution in [0.5, 0.6) is 0 Å². The fraction of sp³-hybridized carbons (Fsp3) is 0.276. The van der Waals surface area contributed by atoms with Crippen molar-refractivity contribution in [1.82, 2.24) is 24.8 Å². The largest absolute Gasteiger partial charge is 0.364 e. The molecule has 0 aliphatic carbocycles. The second-order valence-electron chi connectivity index (χ2n) is 10.4. The van der Waals surface area contributed by atoms with E-state index < -0.39 is 0 Å². The Morgan fingerprint density at radius 1 is 0.946 bits per heavy atom. The summed E-state index contributed by atoms with van der Waals surface area (Å²) in [6.45, 7) is 8.12. The van der Waals surface area contributed by atoms with Gasteiger partial charge in [-0.15, -0.1) is 0 Å². The third-order valence-corrected chi connectivity index (χ3v) is 6.16. The predicted octanol–water partition coefficient (Wildman–Crippen LogP) is 5.27. The topological polar surface area (TPSA) is 95.9 Å². The number of carbonyl (C=O) groups excluding carboxylic acids is 1. The highest BCUT2D eigenvalue weighted by Gasteiger charge is 2.15. The van der Waals surface area contributed by atoms with E-state index in [0.29, 0.717) is 11.4 Å². The zero-order valence-corrected chi connectivity index (χ0v) is 21.6. The predicted molar refractivity (Wildman–Crippen MR) is 148 cm³/mol. The summed E-state index contributed by atoms with van der Waals surface area (Å²) < 4.78 is 0. The Balaban J connectivity index is 1.37. The number of pyridine rings is 2. The van der Waals surface area contributed by atoms with Crippen molar-refractivity contribution in [2.24, 2.45) is 0 Å². The molecule has 37 heavy (non-hydrogen) atoms. The van der Waals surface area contributed by atoms with Gasteiger partial charge in [0.15, 0.2) is 0 Å². The maximum atomic E-state index is 13.0. The Bertz CT molecular complexity index is 1490. The molecule has 4 heterocycles. The Labute approximate surface area is 216 Å². The van der Waals surface area contributed by atoms with Gasteiger partial charge in [-0.3, -0.25) is 14.8 Å². The van der Waals surface area contributed by atoms with E-state index in [1.54, 1.807) is 30.9 Å². The molecule has 0 saturated carbocycles. The first-order valence-corrected chi connectivity index (χ1v) is 12.4. The summed E-state index contributed by atoms with van der Waals surface area (Å²) in [5.74, 6) is 0.994. The van der Waals surface area contributed by atoms with E-state index in [1.807, 2.05) is 30.3 Å². The van der Waals surface area contributed by atoms with Crippen molar-refractivity contribution < 1.29 is 4.79 Å². The summed E-state index contributed by atoms with van der Waals surface area (Å²) >= 11 is 0. The number of anilines is 2. The van der Waals surface area contributed by atoms with E-state index in [-0.39, 0.29) is 11.4 Å². The third kappa shape index (κ3) is 5.98. The van der Waals surface area contributed by atoms with E-state index in [4.69, 9.17) is 4.98 Å². The number of nitrogens with one attached hydrogen (secondary N) is 2. The number of aromatic nitrogens is 4. The number of nitrogens with zero attached hydrogens (tertiary/aromatic N) is 5. The average Bonchev–Trinajstić information content (AvgIpc) is 2.88. The van der Waals surface area contributed by atoms with Crippen molar-refractivity contribution in [3.63, 3.8) is 0 Å². The maximum absolute atomic E-state index is 13.0. The smallest absolute Gasteiger partial charge is 0.256 e. The van der Waals surface area contributed by atoms with Gasteiger partial charge in [-0.25, -0.2) is 9.97 Å². The van der Waals surface area contributed by atoms with Gasteiger partial charge in [0.1, 0.15) is 11.6 Å². The maximum Gasteiger partial charge on any atom is 0.256 e. The highest BCUT2D eigenvalue weighted by molar-refractivity contribution is 6.05. The molecule has 3 aromatic heterocycles. The lowest BCUT2D eigenvalue weighted by Gasteiger charge is -2.21. The molecule has 0 radical (unpaired) electrons. The molecule has 0 unspecified atom stereocenters. The molecule has 0 saturated heterocycles. The molecule has 0 fully saturated rings. The van der Waals surface area contributed by atoms with Gasteiger partial charge in [0.2, 0.25) is 0 Å². The lowest BCUT2D eigenvalue weighted by Crippen LogP contribution is -2.26. The van der Waals surface area contributed by atoms with Crippen molar-refractivity contribution in [3.05, 3.63) is 78.5 Å². The number of rotatable bonds is 5. The van der Waals surface area contributed by atoms with Crippen LogP contribution in [-0.4, -0.2) is 56.4 Å². The molecule has 0 atom stereocenters. The summed E-state index contributed by atoms with van der Waals surface area (Å²) in [5, 5.41) is 8.22. The van der Waals surface area contributed by atoms with Crippen molar-refractivity contribution >= 4 is 33.9 Å². The number of fused-ring (bicyclic) bond motifs is 1. The molecule has 8 nitrogen and oxygen atoms in total. The van der Waals surface area contributed by atoms with Gasteiger partial charge in [0.25, 0.3) is 5.91 Å². The van der Waals surface area contributed by atoms with Crippen LogP contribution in [0.15, 0.2) is 67.3 Å². The molecule has 5 rings (SSSR count). The molecule has 1 aliphatic heterocycles. The molecule has 188 valence electrons. The van der Waals surface area contributed by atoms with Gasteiger partial charge >= 0.3 is 0 Å². The van der Waals surface area contributed by atoms with Gasteiger partial charge in [0.05, 0.1) is 23.8 Å². The van der Waals surface area contributed by atoms with Crippen LogP contribution in [0.25, 0.3) is 27.6 Å². The standard InChI is InChI=1S/C29H31N7O/c1-29(2,3)35-27-18-30-17-25(33-27)20-5-6-22-16-32-26(15-23(22)13-20)34-28(37)21-7-10-31-24(14-21)19-8-11-36(4)12-9-19/h5-8,10,13-18H,9,11-12H2,1-4H3,(H,33,35)(H,32,34,37). The van der Waals surface area contributed by atoms with E-state index in [9.17, 15) is 4.79 Å². The molecule has 0 bridgehead atoms. The fourth-order valence-corrected chi connectivity index (χ4v) is 4.26. The quantitative estimate of drug-likeness (QED) is 0.391. The minimum atomic E-state index is -0.216. The highest BCUT2D eigenvalue weighted by Crippen LogP contribution is 2.26. The zero-order chi connectivity index (χ0) is 26.0. The van der Waals surface area contributed by atoms with Crippen molar-refractivity contribution in [1.29, 1.82) is 0 Å². The Morgan fingerprint density at radius 2 is 1.81 bits per heavy atom. The van der Waals surface area contributed by atoms with Gasteiger partial charge in [-0.05, 0) is 69.5 Å². The van der Waals surface area contributed by atoms with Crippen LogP contribution < -0.4 is 10.6 Å². The molecule has 4 aromatic rings. The Morgan fingerprint density at radius 3 is 2.59 bits per heavy atom. The monoisotopic (exact) mass is 493 g/mol. The van der Waals surface area contributed by atoms with Crippen LogP contribution in [0, 0.1) is 0 Å². The summed E-state index contributed by atoms with van der Waals surface area (Å²) in [5.41, 5.74) is 4.17. The molecule has 1 aliphatic rings. The highest BCUT2D eigenvalue weighted by atomic mass is 16.1. The minimum Gasteiger partial charge on any atom is -0.364 e. The van der Waals surface area contributed by atoms with Crippen LogP contribution in [-0.2, 0) is 0 Å². The number of likely N-dealkylation sites (N-methyl/N-ethyl adjacent to an activating group) is 1. The number of benzene rings is 1. The molecule has 0 spiro atoms. The Hall–Kier alpha value is -4.17. The van der Waals surface area contributed by atoms with Gasteiger partial charge < -0.3 is 15.5 Å². The van der Waals surface area contributed by atoms with E-state index in [0.717, 1.165) is 53.1 Å². The molecule has 1 amide bonds. The first kappa shape index (κ1) is 24.5. The summed E-state index contributed by atoms with van der Waals surface area (Å²) in [6.07, 6.45) is 10.0.